The minimum atomic E-state index is -0.0214. The van der Waals surface area contributed by atoms with Crippen LogP contribution < -0.4 is 5.32 Å². The molecular weight excluding hydrogens is 314 g/mol. The normalized spacial score (nSPS) is 11.0. The van der Waals surface area contributed by atoms with Gasteiger partial charge in [-0.05, 0) is 34.5 Å². The third-order valence-electron chi connectivity index (χ3n) is 3.76. The summed E-state index contributed by atoms with van der Waals surface area (Å²) in [7, 11) is 0. The number of rotatable bonds is 5. The highest BCUT2D eigenvalue weighted by atomic mass is 32.2. The highest BCUT2D eigenvalue weighted by Crippen LogP contribution is 2.26. The topological polar surface area (TPSA) is 29.1 Å². The molecule has 0 bridgehead atoms. The molecule has 3 heteroatoms. The van der Waals surface area contributed by atoms with Gasteiger partial charge in [0.05, 0.1) is 5.56 Å². The van der Waals surface area contributed by atoms with Gasteiger partial charge in [-0.25, -0.2) is 0 Å². The Hall–Kier alpha value is -2.26. The van der Waals surface area contributed by atoms with Gasteiger partial charge in [-0.3, -0.25) is 4.79 Å². The molecule has 0 aliphatic heterocycles. The Morgan fingerprint density at radius 1 is 0.958 bits per heavy atom. The largest absolute Gasteiger partial charge is 0.348 e. The van der Waals surface area contributed by atoms with Crippen molar-refractivity contribution in [3.8, 4) is 0 Å². The molecular formula is C21H21NOS. The van der Waals surface area contributed by atoms with E-state index in [1.807, 2.05) is 36.4 Å². The zero-order valence-corrected chi connectivity index (χ0v) is 14.8. The monoisotopic (exact) mass is 335 g/mol. The van der Waals surface area contributed by atoms with Crippen LogP contribution in [0.3, 0.4) is 0 Å². The lowest BCUT2D eigenvalue weighted by Gasteiger charge is -2.12. The van der Waals surface area contributed by atoms with E-state index in [1.165, 1.54) is 10.8 Å². The van der Waals surface area contributed by atoms with E-state index in [1.54, 1.807) is 11.8 Å². The van der Waals surface area contributed by atoms with Gasteiger partial charge in [0, 0.05) is 16.7 Å². The van der Waals surface area contributed by atoms with Crippen molar-refractivity contribution in [2.45, 2.75) is 30.5 Å². The first-order valence-corrected chi connectivity index (χ1v) is 9.03. The smallest absolute Gasteiger partial charge is 0.252 e. The predicted octanol–water partition coefficient (Wildman–Crippen LogP) is 5.27. The number of amides is 1. The van der Waals surface area contributed by atoms with E-state index in [4.69, 9.17) is 0 Å². The lowest BCUT2D eigenvalue weighted by atomic mass is 10.1. The highest BCUT2D eigenvalue weighted by Gasteiger charge is 2.12. The fourth-order valence-corrected chi connectivity index (χ4v) is 3.59. The lowest BCUT2D eigenvalue weighted by molar-refractivity contribution is 0.0948. The molecule has 3 aromatic rings. The van der Waals surface area contributed by atoms with Gasteiger partial charge in [0.15, 0.2) is 0 Å². The first kappa shape index (κ1) is 16.6. The van der Waals surface area contributed by atoms with E-state index >= 15 is 0 Å². The molecule has 0 radical (unpaired) electrons. The minimum absolute atomic E-state index is 0.0214. The number of hydrogen-bond donors (Lipinski definition) is 1. The number of fused-ring (bicyclic) bond motifs is 1. The van der Waals surface area contributed by atoms with Crippen LogP contribution in [0.2, 0.25) is 0 Å². The third-order valence-corrected chi connectivity index (χ3v) is 4.84. The maximum Gasteiger partial charge on any atom is 0.252 e. The number of thioether (sulfide) groups is 1. The standard InChI is InChI=1S/C21H21NOS/c1-15(2)24-20-10-6-5-9-19(20)21(23)22-14-16-11-12-17-7-3-4-8-18(17)13-16/h3-13,15H,14H2,1-2H3,(H,22,23). The summed E-state index contributed by atoms with van der Waals surface area (Å²) in [5, 5.41) is 5.89. The van der Waals surface area contributed by atoms with Crippen molar-refractivity contribution >= 4 is 28.4 Å². The molecule has 122 valence electrons. The van der Waals surface area contributed by atoms with Gasteiger partial charge in [0.1, 0.15) is 0 Å². The molecule has 0 saturated heterocycles. The van der Waals surface area contributed by atoms with Crippen LogP contribution in [0.5, 0.6) is 0 Å². The quantitative estimate of drug-likeness (QED) is 0.644. The van der Waals surface area contributed by atoms with Gasteiger partial charge in [0.25, 0.3) is 5.91 Å². The molecule has 0 fully saturated rings. The molecule has 2 nitrogen and oxygen atoms in total. The van der Waals surface area contributed by atoms with Crippen molar-refractivity contribution in [1.29, 1.82) is 0 Å². The Bertz CT molecular complexity index is 857. The summed E-state index contributed by atoms with van der Waals surface area (Å²) in [6.07, 6.45) is 0. The van der Waals surface area contributed by atoms with Crippen molar-refractivity contribution in [3.05, 3.63) is 77.9 Å². The SMILES string of the molecule is CC(C)Sc1ccccc1C(=O)NCc1ccc2ccccc2c1. The minimum Gasteiger partial charge on any atom is -0.348 e. The van der Waals surface area contributed by atoms with E-state index in [2.05, 4.69) is 49.5 Å². The zero-order valence-electron chi connectivity index (χ0n) is 14.0. The molecule has 0 atom stereocenters. The average Bonchev–Trinajstić information content (AvgIpc) is 2.59. The maximum atomic E-state index is 12.6. The Kier molecular flexibility index (Phi) is 5.21. The van der Waals surface area contributed by atoms with Crippen molar-refractivity contribution in [2.24, 2.45) is 0 Å². The summed E-state index contributed by atoms with van der Waals surface area (Å²) in [6, 6.07) is 22.3. The Balaban J connectivity index is 1.73. The van der Waals surface area contributed by atoms with Gasteiger partial charge in [0.2, 0.25) is 0 Å². The molecule has 1 N–H and O–H groups in total. The summed E-state index contributed by atoms with van der Waals surface area (Å²) in [5.41, 5.74) is 1.85. The Morgan fingerprint density at radius 2 is 1.67 bits per heavy atom. The molecule has 0 unspecified atom stereocenters. The van der Waals surface area contributed by atoms with Gasteiger partial charge < -0.3 is 5.32 Å². The Labute approximate surface area is 147 Å². The molecule has 0 aliphatic carbocycles. The van der Waals surface area contributed by atoms with Gasteiger partial charge in [-0.2, -0.15) is 0 Å². The fraction of sp³-hybridized carbons (Fsp3) is 0.190. The average molecular weight is 335 g/mol. The number of benzene rings is 3. The second kappa shape index (κ2) is 7.54. The van der Waals surface area contributed by atoms with Crippen LogP contribution in [0.1, 0.15) is 29.8 Å². The second-order valence-corrected chi connectivity index (χ2v) is 7.65. The molecule has 24 heavy (non-hydrogen) atoms. The van der Waals surface area contributed by atoms with Gasteiger partial charge >= 0.3 is 0 Å². The molecule has 3 rings (SSSR count). The van der Waals surface area contributed by atoms with Crippen LogP contribution in [-0.4, -0.2) is 11.2 Å². The van der Waals surface area contributed by atoms with Crippen LogP contribution in [0.15, 0.2) is 71.6 Å². The fourth-order valence-electron chi connectivity index (χ4n) is 2.64. The van der Waals surface area contributed by atoms with Crippen LogP contribution in [0.25, 0.3) is 10.8 Å². The number of carbonyl (C=O) groups excluding carboxylic acids is 1. The molecule has 0 aromatic heterocycles. The predicted molar refractivity (Wildman–Crippen MR) is 103 cm³/mol. The zero-order chi connectivity index (χ0) is 16.9. The summed E-state index contributed by atoms with van der Waals surface area (Å²) in [4.78, 5) is 13.6. The summed E-state index contributed by atoms with van der Waals surface area (Å²) in [5.74, 6) is -0.0214. The summed E-state index contributed by atoms with van der Waals surface area (Å²) in [6.45, 7) is 4.80. The number of nitrogens with one attached hydrogen (secondary N) is 1. The van der Waals surface area contributed by atoms with E-state index < -0.39 is 0 Å². The number of hydrogen-bond acceptors (Lipinski definition) is 2. The first-order chi connectivity index (χ1) is 11.6. The number of carbonyl (C=O) groups is 1. The summed E-state index contributed by atoms with van der Waals surface area (Å²) < 4.78 is 0. The molecule has 0 aliphatic rings. The molecule has 3 aromatic carbocycles. The van der Waals surface area contributed by atoms with Crippen molar-refractivity contribution in [1.82, 2.24) is 5.32 Å². The molecule has 0 spiro atoms. The van der Waals surface area contributed by atoms with E-state index in [0.717, 1.165) is 16.0 Å². The lowest BCUT2D eigenvalue weighted by Crippen LogP contribution is -2.23. The van der Waals surface area contributed by atoms with E-state index in [-0.39, 0.29) is 5.91 Å². The summed E-state index contributed by atoms with van der Waals surface area (Å²) >= 11 is 1.72. The van der Waals surface area contributed by atoms with Crippen molar-refractivity contribution in [2.75, 3.05) is 0 Å². The Morgan fingerprint density at radius 3 is 2.46 bits per heavy atom. The highest BCUT2D eigenvalue weighted by molar-refractivity contribution is 8.00. The van der Waals surface area contributed by atoms with E-state index in [9.17, 15) is 4.79 Å². The van der Waals surface area contributed by atoms with Crippen LogP contribution in [-0.2, 0) is 6.54 Å². The van der Waals surface area contributed by atoms with Crippen molar-refractivity contribution < 1.29 is 4.79 Å². The van der Waals surface area contributed by atoms with Crippen molar-refractivity contribution in [3.63, 3.8) is 0 Å². The van der Waals surface area contributed by atoms with Crippen LogP contribution in [0, 0.1) is 0 Å². The van der Waals surface area contributed by atoms with Crippen LogP contribution in [0.4, 0.5) is 0 Å². The maximum absolute atomic E-state index is 12.6. The molecule has 1 amide bonds. The first-order valence-electron chi connectivity index (χ1n) is 8.15. The molecule has 0 heterocycles. The molecule has 0 saturated carbocycles. The van der Waals surface area contributed by atoms with Gasteiger partial charge in [-0.15, -0.1) is 11.8 Å². The van der Waals surface area contributed by atoms with Gasteiger partial charge in [-0.1, -0.05) is 62.4 Å². The second-order valence-electron chi connectivity index (χ2n) is 6.03. The third kappa shape index (κ3) is 3.98. The van der Waals surface area contributed by atoms with E-state index in [0.29, 0.717) is 11.8 Å². The van der Waals surface area contributed by atoms with Crippen LogP contribution >= 0.6 is 11.8 Å².